The van der Waals surface area contributed by atoms with E-state index in [4.69, 9.17) is 9.84 Å². The summed E-state index contributed by atoms with van der Waals surface area (Å²) in [6.45, 7) is 0. The number of aromatic carboxylic acids is 1. The Morgan fingerprint density at radius 1 is 0.848 bits per heavy atom. The summed E-state index contributed by atoms with van der Waals surface area (Å²) in [4.78, 5) is 58.0. The maximum atomic E-state index is 12.9. The first-order valence-corrected chi connectivity index (χ1v) is 9.14. The number of nitrogens with zero attached hydrogens (tertiary/aromatic N) is 3. The van der Waals surface area contributed by atoms with E-state index in [9.17, 15) is 34.6 Å². The second kappa shape index (κ2) is 7.85. The van der Waals surface area contributed by atoms with E-state index in [1.165, 1.54) is 42.5 Å². The lowest BCUT2D eigenvalue weighted by atomic mass is 10.1. The zero-order valence-electron chi connectivity index (χ0n) is 16.3. The van der Waals surface area contributed by atoms with Gasteiger partial charge in [-0.3, -0.25) is 29.8 Å². The van der Waals surface area contributed by atoms with Crippen molar-refractivity contribution in [3.05, 3.63) is 97.6 Å². The van der Waals surface area contributed by atoms with Crippen LogP contribution in [-0.2, 0) is 0 Å². The lowest BCUT2D eigenvalue weighted by Gasteiger charge is -2.13. The van der Waals surface area contributed by atoms with Crippen molar-refractivity contribution in [1.29, 1.82) is 0 Å². The summed E-state index contributed by atoms with van der Waals surface area (Å²) in [5, 5.41) is 31.2. The number of non-ortho nitro benzene ring substituents is 1. The number of nitro benzene ring substituents is 2. The molecule has 12 nitrogen and oxygen atoms in total. The molecule has 1 heterocycles. The minimum atomic E-state index is -1.16. The van der Waals surface area contributed by atoms with Gasteiger partial charge in [0.25, 0.3) is 17.5 Å². The van der Waals surface area contributed by atoms with Gasteiger partial charge in [-0.2, -0.15) is 0 Å². The molecule has 0 radical (unpaired) electrons. The third-order valence-corrected chi connectivity index (χ3v) is 4.81. The second-order valence-electron chi connectivity index (χ2n) is 6.77. The van der Waals surface area contributed by atoms with Gasteiger partial charge in [0.15, 0.2) is 0 Å². The van der Waals surface area contributed by atoms with Crippen molar-refractivity contribution in [2.24, 2.45) is 0 Å². The lowest BCUT2D eigenvalue weighted by Crippen LogP contribution is -2.29. The third kappa shape index (κ3) is 3.72. The maximum Gasteiger partial charge on any atom is 0.335 e. The zero-order chi connectivity index (χ0) is 23.9. The van der Waals surface area contributed by atoms with Gasteiger partial charge in [0.05, 0.1) is 38.3 Å². The number of carbonyl (C=O) groups excluding carboxylic acids is 2. The van der Waals surface area contributed by atoms with Crippen LogP contribution in [0.3, 0.4) is 0 Å². The number of carboxylic acids is 1. The van der Waals surface area contributed by atoms with E-state index in [2.05, 4.69) is 0 Å². The molecule has 3 aromatic carbocycles. The van der Waals surface area contributed by atoms with Crippen molar-refractivity contribution in [3.63, 3.8) is 0 Å². The molecule has 0 saturated carbocycles. The number of imide groups is 1. The Morgan fingerprint density at radius 3 is 2.12 bits per heavy atom. The number of benzene rings is 3. The molecule has 1 N–H and O–H groups in total. The van der Waals surface area contributed by atoms with Gasteiger partial charge in [-0.05, 0) is 48.5 Å². The summed E-state index contributed by atoms with van der Waals surface area (Å²) in [6.07, 6.45) is 0. The number of ether oxygens (including phenoxy) is 1. The molecule has 0 fully saturated rings. The first-order valence-electron chi connectivity index (χ1n) is 9.14. The number of rotatable bonds is 6. The van der Waals surface area contributed by atoms with E-state index in [0.717, 1.165) is 23.1 Å². The molecule has 0 saturated heterocycles. The Kier molecular flexibility index (Phi) is 5.02. The monoisotopic (exact) mass is 449 g/mol. The van der Waals surface area contributed by atoms with Crippen molar-refractivity contribution in [1.82, 2.24) is 0 Å². The summed E-state index contributed by atoms with van der Waals surface area (Å²) in [7, 11) is 0. The molecule has 0 atom stereocenters. The quantitative estimate of drug-likeness (QED) is 0.334. The molecule has 3 aromatic rings. The Balaban J connectivity index is 1.66. The van der Waals surface area contributed by atoms with Crippen LogP contribution in [0, 0.1) is 20.2 Å². The van der Waals surface area contributed by atoms with Crippen LogP contribution in [0.25, 0.3) is 0 Å². The topological polar surface area (TPSA) is 170 Å². The molecule has 33 heavy (non-hydrogen) atoms. The zero-order valence-corrected chi connectivity index (χ0v) is 16.3. The molecule has 1 aliphatic rings. The maximum absolute atomic E-state index is 12.9. The van der Waals surface area contributed by atoms with Gasteiger partial charge < -0.3 is 9.84 Å². The highest BCUT2D eigenvalue weighted by Crippen LogP contribution is 2.36. The fourth-order valence-corrected chi connectivity index (χ4v) is 3.25. The third-order valence-electron chi connectivity index (χ3n) is 4.81. The summed E-state index contributed by atoms with van der Waals surface area (Å²) in [6, 6.07) is 11.9. The predicted molar refractivity (Wildman–Crippen MR) is 111 cm³/mol. The Hall–Kier alpha value is -5.13. The van der Waals surface area contributed by atoms with E-state index in [1.54, 1.807) is 0 Å². The Bertz CT molecular complexity index is 1370. The number of hydrogen-bond donors (Lipinski definition) is 1. The highest BCUT2D eigenvalue weighted by atomic mass is 16.6. The number of anilines is 1. The average molecular weight is 449 g/mol. The van der Waals surface area contributed by atoms with Gasteiger partial charge in [-0.1, -0.05) is 0 Å². The molecule has 0 spiro atoms. The summed E-state index contributed by atoms with van der Waals surface area (Å²) in [5.41, 5.74) is -0.951. The number of fused-ring (bicyclic) bond motifs is 1. The molecule has 12 heteroatoms. The van der Waals surface area contributed by atoms with Crippen molar-refractivity contribution in [3.8, 4) is 11.5 Å². The largest absolute Gasteiger partial charge is 0.478 e. The van der Waals surface area contributed by atoms with E-state index < -0.39 is 39.0 Å². The average Bonchev–Trinajstić information content (AvgIpc) is 3.03. The highest BCUT2D eigenvalue weighted by Gasteiger charge is 2.37. The molecule has 4 rings (SSSR count). The van der Waals surface area contributed by atoms with Gasteiger partial charge in [0.1, 0.15) is 5.75 Å². The molecule has 0 aromatic heterocycles. The molecule has 0 aliphatic carbocycles. The van der Waals surface area contributed by atoms with Crippen LogP contribution in [-0.4, -0.2) is 32.7 Å². The minimum absolute atomic E-state index is 0.00470. The first kappa shape index (κ1) is 21.1. The number of hydrogen-bond acceptors (Lipinski definition) is 8. The van der Waals surface area contributed by atoms with Gasteiger partial charge in [0, 0.05) is 6.07 Å². The fraction of sp³-hybridized carbons (Fsp3) is 0. The summed E-state index contributed by atoms with van der Waals surface area (Å²) < 4.78 is 5.49. The van der Waals surface area contributed by atoms with Gasteiger partial charge in [0.2, 0.25) is 5.75 Å². The van der Waals surface area contributed by atoms with Crippen LogP contribution in [0.4, 0.5) is 17.1 Å². The minimum Gasteiger partial charge on any atom is -0.478 e. The molecule has 2 amide bonds. The molecule has 0 bridgehead atoms. The number of amides is 2. The number of nitro groups is 2. The van der Waals surface area contributed by atoms with Crippen molar-refractivity contribution in [2.75, 3.05) is 4.90 Å². The normalized spacial score (nSPS) is 12.4. The molecular weight excluding hydrogens is 438 g/mol. The van der Waals surface area contributed by atoms with Crippen LogP contribution in [0.2, 0.25) is 0 Å². The number of carboxylic acid groups (broad SMARTS) is 1. The molecule has 1 aliphatic heterocycles. The smallest absolute Gasteiger partial charge is 0.335 e. The van der Waals surface area contributed by atoms with E-state index in [0.29, 0.717) is 0 Å². The Morgan fingerprint density at radius 2 is 1.52 bits per heavy atom. The van der Waals surface area contributed by atoms with Crippen LogP contribution in [0.1, 0.15) is 31.1 Å². The SMILES string of the molecule is O=C(O)c1ccc(N2C(=O)c3ccc(Oc4ccc([N+](=O)[O-])cc4[N+](=O)[O-])cc3C2=O)cc1. The van der Waals surface area contributed by atoms with Crippen LogP contribution < -0.4 is 9.64 Å². The Labute approximate surface area is 183 Å². The van der Waals surface area contributed by atoms with Crippen LogP contribution in [0.5, 0.6) is 11.5 Å². The van der Waals surface area contributed by atoms with Crippen molar-refractivity contribution < 1.29 is 34.1 Å². The second-order valence-corrected chi connectivity index (χ2v) is 6.77. The van der Waals surface area contributed by atoms with Crippen LogP contribution >= 0.6 is 0 Å². The lowest BCUT2D eigenvalue weighted by molar-refractivity contribution is -0.394. The number of carbonyl (C=O) groups is 3. The predicted octanol–water partition coefficient (Wildman–Crippen LogP) is 3.79. The standard InChI is InChI=1S/C21H11N3O9/c25-19-15-7-6-14(33-18-8-5-13(23(29)30)9-17(18)24(31)32)10-16(15)20(26)22(19)12-3-1-11(2-4-12)21(27)28/h1-10H,(H,27,28). The molecule has 0 unspecified atom stereocenters. The summed E-state index contributed by atoms with van der Waals surface area (Å²) >= 11 is 0. The fourth-order valence-electron chi connectivity index (χ4n) is 3.25. The van der Waals surface area contributed by atoms with E-state index in [-0.39, 0.29) is 33.9 Å². The molecule has 164 valence electrons. The van der Waals surface area contributed by atoms with Crippen molar-refractivity contribution >= 4 is 34.8 Å². The summed E-state index contributed by atoms with van der Waals surface area (Å²) in [5.74, 6) is -2.78. The van der Waals surface area contributed by atoms with Crippen molar-refractivity contribution in [2.45, 2.75) is 0 Å². The first-order chi connectivity index (χ1) is 15.7. The van der Waals surface area contributed by atoms with Gasteiger partial charge >= 0.3 is 11.7 Å². The van der Waals surface area contributed by atoms with Crippen LogP contribution in [0.15, 0.2) is 60.7 Å². The molecular formula is C21H11N3O9. The van der Waals surface area contributed by atoms with E-state index in [1.807, 2.05) is 0 Å². The van der Waals surface area contributed by atoms with Gasteiger partial charge in [-0.25, -0.2) is 9.69 Å². The van der Waals surface area contributed by atoms with E-state index >= 15 is 0 Å². The highest BCUT2D eigenvalue weighted by molar-refractivity contribution is 6.34. The van der Waals surface area contributed by atoms with Gasteiger partial charge in [-0.15, -0.1) is 0 Å².